The molecule has 0 radical (unpaired) electrons. The van der Waals surface area contributed by atoms with Crippen LogP contribution in [-0.2, 0) is 15.0 Å². The lowest BCUT2D eigenvalue weighted by Gasteiger charge is -2.15. The minimum atomic E-state index is -4.71. The number of carbonyl (C=O) groups excluding carboxylic acids is 1. The number of halogens is 1. The van der Waals surface area contributed by atoms with Crippen LogP contribution >= 0.6 is 0 Å². The minimum Gasteiger partial charge on any atom is -0.481 e. The Bertz CT molecular complexity index is 575. The number of pyridine rings is 1. The number of amides is 1. The molecule has 0 aromatic carbocycles. The highest BCUT2D eigenvalue weighted by molar-refractivity contribution is 7.87. The van der Waals surface area contributed by atoms with Crippen LogP contribution in [0.5, 0.6) is 5.88 Å². The zero-order valence-electron chi connectivity index (χ0n) is 9.54. The van der Waals surface area contributed by atoms with Gasteiger partial charge in [0.15, 0.2) is 0 Å². The Labute approximate surface area is 104 Å². The van der Waals surface area contributed by atoms with Crippen molar-refractivity contribution in [2.24, 2.45) is 0 Å². The molecule has 0 saturated carbocycles. The standard InChI is InChI=1S/C10H11FN2O4S/c1-17-9-4-2-3-8(12-9)13-6-7(5-10(13)14)18(11,15)16/h2-4,7H,5-6H2,1H3. The lowest BCUT2D eigenvalue weighted by molar-refractivity contribution is -0.117. The highest BCUT2D eigenvalue weighted by Gasteiger charge is 2.39. The van der Waals surface area contributed by atoms with Crippen molar-refractivity contribution in [1.29, 1.82) is 0 Å². The number of ether oxygens (including phenoxy) is 1. The molecule has 1 aliphatic rings. The van der Waals surface area contributed by atoms with E-state index in [1.165, 1.54) is 13.2 Å². The summed E-state index contributed by atoms with van der Waals surface area (Å²) in [6.07, 6.45) is -0.363. The fourth-order valence-corrected chi connectivity index (χ4v) is 2.42. The van der Waals surface area contributed by atoms with E-state index < -0.39 is 21.4 Å². The number of methoxy groups -OCH3 is 1. The Morgan fingerprint density at radius 3 is 2.78 bits per heavy atom. The van der Waals surface area contributed by atoms with Crippen LogP contribution in [-0.4, -0.2) is 38.2 Å². The molecule has 1 aromatic rings. The molecule has 0 N–H and O–H groups in total. The molecule has 1 unspecified atom stereocenters. The van der Waals surface area contributed by atoms with Crippen LogP contribution in [0, 0.1) is 0 Å². The topological polar surface area (TPSA) is 76.6 Å². The summed E-state index contributed by atoms with van der Waals surface area (Å²) >= 11 is 0. The number of rotatable bonds is 3. The molecular weight excluding hydrogens is 263 g/mol. The van der Waals surface area contributed by atoms with Crippen molar-refractivity contribution < 1.29 is 21.8 Å². The van der Waals surface area contributed by atoms with E-state index in [0.717, 1.165) is 4.90 Å². The number of nitrogens with zero attached hydrogens (tertiary/aromatic N) is 2. The summed E-state index contributed by atoms with van der Waals surface area (Å²) in [6.45, 7) is -0.224. The van der Waals surface area contributed by atoms with Gasteiger partial charge >= 0.3 is 10.2 Å². The highest BCUT2D eigenvalue weighted by atomic mass is 32.3. The first kappa shape index (κ1) is 12.7. The van der Waals surface area contributed by atoms with Crippen molar-refractivity contribution in [3.63, 3.8) is 0 Å². The number of hydrogen-bond donors (Lipinski definition) is 0. The van der Waals surface area contributed by atoms with E-state index in [2.05, 4.69) is 4.98 Å². The second-order valence-corrected chi connectivity index (χ2v) is 5.46. The van der Waals surface area contributed by atoms with E-state index in [0.29, 0.717) is 5.88 Å². The minimum absolute atomic E-state index is 0.224. The summed E-state index contributed by atoms with van der Waals surface area (Å²) < 4.78 is 39.3. The SMILES string of the molecule is COc1cccc(N2CC(S(=O)(=O)F)CC2=O)n1. The largest absolute Gasteiger partial charge is 0.481 e. The second-order valence-electron chi connectivity index (χ2n) is 3.84. The van der Waals surface area contributed by atoms with Crippen LogP contribution in [0.25, 0.3) is 0 Å². The van der Waals surface area contributed by atoms with Gasteiger partial charge in [0.05, 0.1) is 7.11 Å². The van der Waals surface area contributed by atoms with E-state index in [4.69, 9.17) is 4.74 Å². The zero-order chi connectivity index (χ0) is 13.3. The normalized spacial score (nSPS) is 20.2. The maximum absolute atomic E-state index is 12.9. The van der Waals surface area contributed by atoms with Crippen molar-refractivity contribution >= 4 is 21.9 Å². The van der Waals surface area contributed by atoms with Gasteiger partial charge in [-0.05, 0) is 6.07 Å². The van der Waals surface area contributed by atoms with Gasteiger partial charge in [0.1, 0.15) is 11.1 Å². The summed E-state index contributed by atoms with van der Waals surface area (Å²) in [7, 11) is -3.29. The molecule has 2 rings (SSSR count). The lowest BCUT2D eigenvalue weighted by Crippen LogP contribution is -2.27. The molecule has 1 fully saturated rings. The van der Waals surface area contributed by atoms with Crippen LogP contribution in [0.1, 0.15) is 6.42 Å². The van der Waals surface area contributed by atoms with E-state index in [9.17, 15) is 17.1 Å². The molecule has 18 heavy (non-hydrogen) atoms. The third-order valence-electron chi connectivity index (χ3n) is 2.68. The Balaban J connectivity index is 2.27. The van der Waals surface area contributed by atoms with Crippen molar-refractivity contribution in [3.8, 4) is 5.88 Å². The summed E-state index contributed by atoms with van der Waals surface area (Å²) in [4.78, 5) is 16.8. The first-order valence-electron chi connectivity index (χ1n) is 5.16. The average molecular weight is 274 g/mol. The van der Waals surface area contributed by atoms with Crippen LogP contribution in [0.4, 0.5) is 9.70 Å². The zero-order valence-corrected chi connectivity index (χ0v) is 10.4. The van der Waals surface area contributed by atoms with Crippen LogP contribution in [0.2, 0.25) is 0 Å². The number of anilines is 1. The lowest BCUT2D eigenvalue weighted by atomic mass is 10.4. The Morgan fingerprint density at radius 1 is 1.50 bits per heavy atom. The van der Waals surface area contributed by atoms with Gasteiger partial charge in [0, 0.05) is 19.0 Å². The summed E-state index contributed by atoms with van der Waals surface area (Å²) in [5, 5.41) is -1.32. The summed E-state index contributed by atoms with van der Waals surface area (Å²) in [5.41, 5.74) is 0. The number of hydrogen-bond acceptors (Lipinski definition) is 5. The molecule has 0 aliphatic carbocycles. The highest BCUT2D eigenvalue weighted by Crippen LogP contribution is 2.25. The van der Waals surface area contributed by atoms with Crippen LogP contribution in [0.15, 0.2) is 18.2 Å². The van der Waals surface area contributed by atoms with Gasteiger partial charge in [-0.3, -0.25) is 9.69 Å². The third kappa shape index (κ3) is 2.42. The first-order chi connectivity index (χ1) is 8.41. The maximum atomic E-state index is 12.9. The van der Waals surface area contributed by atoms with Crippen molar-refractivity contribution in [2.45, 2.75) is 11.7 Å². The molecule has 8 heteroatoms. The third-order valence-corrected chi connectivity index (χ3v) is 3.79. The monoisotopic (exact) mass is 274 g/mol. The van der Waals surface area contributed by atoms with E-state index in [-0.39, 0.29) is 18.8 Å². The smallest absolute Gasteiger partial charge is 0.307 e. The van der Waals surface area contributed by atoms with Gasteiger partial charge in [-0.1, -0.05) is 6.07 Å². The predicted molar refractivity (Wildman–Crippen MR) is 61.6 cm³/mol. The first-order valence-corrected chi connectivity index (χ1v) is 6.61. The van der Waals surface area contributed by atoms with Gasteiger partial charge < -0.3 is 4.74 Å². The Kier molecular flexibility index (Phi) is 3.20. The van der Waals surface area contributed by atoms with Gasteiger partial charge in [0.25, 0.3) is 0 Å². The van der Waals surface area contributed by atoms with Gasteiger partial charge in [-0.15, -0.1) is 3.89 Å². The molecule has 2 heterocycles. The van der Waals surface area contributed by atoms with Gasteiger partial charge in [-0.25, -0.2) is 0 Å². The molecule has 0 bridgehead atoms. The molecule has 1 aliphatic heterocycles. The molecule has 0 spiro atoms. The van der Waals surface area contributed by atoms with Crippen LogP contribution in [0.3, 0.4) is 0 Å². The second kappa shape index (κ2) is 4.52. The summed E-state index contributed by atoms with van der Waals surface area (Å²) in [6, 6.07) is 4.74. The van der Waals surface area contributed by atoms with Crippen LogP contribution < -0.4 is 9.64 Å². The molecule has 98 valence electrons. The predicted octanol–water partition coefficient (Wildman–Crippen LogP) is 0.495. The van der Waals surface area contributed by atoms with Gasteiger partial charge in [-0.2, -0.15) is 13.4 Å². The Hall–Kier alpha value is -1.70. The Morgan fingerprint density at radius 2 is 2.22 bits per heavy atom. The molecule has 1 aromatic heterocycles. The molecular formula is C10H11FN2O4S. The number of carbonyl (C=O) groups is 1. The van der Waals surface area contributed by atoms with Gasteiger partial charge in [0.2, 0.25) is 11.8 Å². The molecule has 1 saturated heterocycles. The number of aromatic nitrogens is 1. The summed E-state index contributed by atoms with van der Waals surface area (Å²) in [5.74, 6) is 0.0827. The van der Waals surface area contributed by atoms with Crippen molar-refractivity contribution in [2.75, 3.05) is 18.6 Å². The molecule has 1 atom stereocenters. The fourth-order valence-electron chi connectivity index (χ4n) is 1.75. The quantitative estimate of drug-likeness (QED) is 0.750. The van der Waals surface area contributed by atoms with E-state index >= 15 is 0 Å². The van der Waals surface area contributed by atoms with Crippen molar-refractivity contribution in [1.82, 2.24) is 4.98 Å². The molecule has 6 nitrogen and oxygen atoms in total. The average Bonchev–Trinajstić information content (AvgIpc) is 2.71. The molecule has 1 amide bonds. The maximum Gasteiger partial charge on any atom is 0.307 e. The van der Waals surface area contributed by atoms with E-state index in [1.807, 2.05) is 0 Å². The fraction of sp³-hybridized carbons (Fsp3) is 0.400. The van der Waals surface area contributed by atoms with Crippen molar-refractivity contribution in [3.05, 3.63) is 18.2 Å². The van der Waals surface area contributed by atoms with E-state index in [1.54, 1.807) is 12.1 Å².